The molecule has 0 bridgehead atoms. The second-order valence-electron chi connectivity index (χ2n) is 25.4. The minimum Gasteiger partial charge on any atom is -0.466 e. The Morgan fingerprint density at radius 2 is 0.217 bits per heavy atom. The Bertz CT molecular complexity index is 2540. The van der Waals surface area contributed by atoms with Crippen LogP contribution in [0.25, 0.3) is 0 Å². The van der Waals surface area contributed by atoms with Crippen molar-refractivity contribution in [2.75, 3.05) is 99.1 Å². The van der Waals surface area contributed by atoms with Crippen molar-refractivity contribution in [3.05, 3.63) is 0 Å². The topological polar surface area (TPSA) is 394 Å². The molecule has 0 aliphatic rings. The van der Waals surface area contributed by atoms with Gasteiger partial charge in [-0.05, 0) is 194 Å². The van der Waals surface area contributed by atoms with E-state index in [2.05, 4.69) is 0 Å². The van der Waals surface area contributed by atoms with Crippen LogP contribution in [0.5, 0.6) is 0 Å². The van der Waals surface area contributed by atoms with E-state index in [4.69, 9.17) is 71.1 Å². The van der Waals surface area contributed by atoms with Crippen molar-refractivity contribution in [3.8, 4) is 0 Å². The van der Waals surface area contributed by atoms with Crippen LogP contribution in [0.15, 0.2) is 0 Å². The van der Waals surface area contributed by atoms with Crippen molar-refractivity contribution in [2.24, 2.45) is 88.8 Å². The van der Waals surface area contributed by atoms with Gasteiger partial charge in [0, 0.05) is 0 Å². The summed E-state index contributed by atoms with van der Waals surface area (Å²) in [5, 5.41) is 0. The number of ether oxygens (including phenoxy) is 15. The van der Waals surface area contributed by atoms with E-state index >= 15 is 0 Å². The lowest BCUT2D eigenvalue weighted by Gasteiger charge is -2.30. The summed E-state index contributed by atoms with van der Waals surface area (Å²) < 4.78 is 82.2. The van der Waals surface area contributed by atoms with E-state index in [1.54, 1.807) is 55.4 Å². The molecule has 0 aromatic heterocycles. The van der Waals surface area contributed by atoms with Crippen molar-refractivity contribution in [1.29, 1.82) is 0 Å². The molecule has 0 heterocycles. The monoisotopic (exact) mass is 1520 g/mol. The molecule has 0 aliphatic heterocycles. The van der Waals surface area contributed by atoms with Gasteiger partial charge >= 0.3 is 89.5 Å². The summed E-state index contributed by atoms with van der Waals surface area (Å²) in [4.78, 5) is 211. The fourth-order valence-corrected chi connectivity index (χ4v) is 12.9. The van der Waals surface area contributed by atoms with Crippen molar-refractivity contribution in [1.82, 2.24) is 0 Å². The minimum absolute atomic E-state index is 0.0450. The quantitative estimate of drug-likeness (QED) is 0.0404. The smallest absolute Gasteiger partial charge is 0.308 e. The van der Waals surface area contributed by atoms with Gasteiger partial charge < -0.3 is 71.1 Å². The molecule has 0 saturated carbocycles. The van der Waals surface area contributed by atoms with Gasteiger partial charge in [0.15, 0.2) is 0 Å². The molecule has 0 saturated heterocycles. The fourth-order valence-electron chi connectivity index (χ4n) is 12.9. The first-order chi connectivity index (χ1) is 50.5. The van der Waals surface area contributed by atoms with E-state index < -0.39 is 230 Å². The molecule has 0 aliphatic carbocycles. The Balaban J connectivity index is 8.37. The summed E-state index contributed by atoms with van der Waals surface area (Å²) in [5.74, 6) is -31.7. The molecule has 0 fully saturated rings. The molecule has 0 amide bonds. The lowest BCUT2D eigenvalue weighted by molar-refractivity contribution is -0.160. The molecule has 0 N–H and O–H groups in total. The van der Waals surface area contributed by atoms with Crippen LogP contribution in [-0.2, 0) is 143 Å². The minimum atomic E-state index is -1.46. The number of hydrogen-bond acceptors (Lipinski definition) is 30. The van der Waals surface area contributed by atoms with Gasteiger partial charge in [-0.1, -0.05) is 13.8 Å². The molecule has 14 unspecified atom stereocenters. The van der Waals surface area contributed by atoms with Gasteiger partial charge in [-0.15, -0.1) is 0 Å². The van der Waals surface area contributed by atoms with E-state index in [1.807, 2.05) is 0 Å². The van der Waals surface area contributed by atoms with Gasteiger partial charge in [-0.3, -0.25) is 71.9 Å². The SMILES string of the molecule is CCOC(=O)C(C)CC(CC(CC(CC(CC(CC(CC(CC(CC(CC(CC(CC(CC(CC(C)C(=O)OCC)C(=O)OCC)C(=O)OCC)C(=O)OCC)C(=O)OCC)C(=O)OCC)C(=O)OCC)C(=O)OCC)C(=O)OCC)C(=O)OCC)C(=O)OCC)C(=O)OCC)C(=O)OCC)C(=O)OCC. The second kappa shape index (κ2) is 56.4. The number of esters is 15. The predicted octanol–water partition coefficient (Wildman–Crippen LogP) is 9.18. The number of hydrogen-bond donors (Lipinski definition) is 0. The Kier molecular flexibility index (Phi) is 52.1. The largest absolute Gasteiger partial charge is 0.466 e. The van der Waals surface area contributed by atoms with Gasteiger partial charge in [0.1, 0.15) is 0 Å². The van der Waals surface area contributed by atoms with Crippen molar-refractivity contribution >= 4 is 89.5 Å². The summed E-state index contributed by atoms with van der Waals surface area (Å²) in [6, 6.07) is 0. The summed E-state index contributed by atoms with van der Waals surface area (Å²) in [6.07, 6.45) is -5.50. The summed E-state index contributed by atoms with van der Waals surface area (Å²) >= 11 is 0. The number of carbonyl (C=O) groups is 15. The molecule has 0 spiro atoms. The molecule has 0 aromatic carbocycles. The third-order valence-corrected chi connectivity index (χ3v) is 17.5. The van der Waals surface area contributed by atoms with Gasteiger partial charge in [0.2, 0.25) is 0 Å². The van der Waals surface area contributed by atoms with Crippen LogP contribution in [0.3, 0.4) is 0 Å². The summed E-state index contributed by atoms with van der Waals surface area (Å²) in [7, 11) is 0. The van der Waals surface area contributed by atoms with E-state index in [-0.39, 0.29) is 138 Å². The Morgan fingerprint density at radius 3 is 0.302 bits per heavy atom. The van der Waals surface area contributed by atoms with Crippen LogP contribution in [-0.4, -0.2) is 189 Å². The lowest BCUT2D eigenvalue weighted by atomic mass is 9.76. The molecule has 30 heteroatoms. The third kappa shape index (κ3) is 37.0. The summed E-state index contributed by atoms with van der Waals surface area (Å²) in [6.45, 7) is 24.3. The standard InChI is InChI=1S/C76H124O30/c1-18-92-62(77)47(16)33-49(64(79)94-20-3)35-51(66(81)96-22-5)37-53(68(83)98-24-7)39-55(70(85)100-26-9)41-57(72(87)102-28-11)43-59(74(89)104-30-13)45-61(76(91)106-32-15)46-60(75(90)105-31-14)44-58(73(88)103-29-12)42-56(71(86)101-27-10)40-54(69(84)99-25-8)38-52(67(82)97-23-6)36-50(65(80)95-21-4)34-48(17)63(78)93-19-2/h47-61H,18-46H2,1-17H3. The molecule has 608 valence electrons. The Labute approximate surface area is 625 Å². The highest BCUT2D eigenvalue weighted by Crippen LogP contribution is 2.39. The van der Waals surface area contributed by atoms with Crippen LogP contribution in [0.1, 0.15) is 208 Å². The number of carbonyl (C=O) groups excluding carboxylic acids is 15. The average molecular weight is 1520 g/mol. The van der Waals surface area contributed by atoms with E-state index in [0.29, 0.717) is 0 Å². The van der Waals surface area contributed by atoms with Crippen LogP contribution in [0, 0.1) is 88.8 Å². The fraction of sp³-hybridized carbons (Fsp3) is 0.803. The van der Waals surface area contributed by atoms with Gasteiger partial charge in [-0.25, -0.2) is 0 Å². The molecule has 0 radical (unpaired) electrons. The molecule has 14 atom stereocenters. The maximum atomic E-state index is 14.5. The van der Waals surface area contributed by atoms with Gasteiger partial charge in [0.25, 0.3) is 0 Å². The highest BCUT2D eigenvalue weighted by molar-refractivity contribution is 5.84. The van der Waals surface area contributed by atoms with Crippen LogP contribution >= 0.6 is 0 Å². The maximum absolute atomic E-state index is 14.5. The van der Waals surface area contributed by atoms with Crippen molar-refractivity contribution < 1.29 is 143 Å². The van der Waals surface area contributed by atoms with Crippen LogP contribution < -0.4 is 0 Å². The molecule has 106 heavy (non-hydrogen) atoms. The third-order valence-electron chi connectivity index (χ3n) is 17.5. The zero-order chi connectivity index (χ0) is 80.4. The van der Waals surface area contributed by atoms with E-state index in [1.165, 1.54) is 62.3 Å². The lowest BCUT2D eigenvalue weighted by Crippen LogP contribution is -2.36. The van der Waals surface area contributed by atoms with Crippen LogP contribution in [0.2, 0.25) is 0 Å². The number of rotatable bonds is 58. The van der Waals surface area contributed by atoms with Crippen LogP contribution in [0.4, 0.5) is 0 Å². The molecule has 0 rings (SSSR count). The predicted molar refractivity (Wildman–Crippen MR) is 378 cm³/mol. The Morgan fingerprint density at radius 1 is 0.142 bits per heavy atom. The first-order valence-electron chi connectivity index (χ1n) is 38.0. The Hall–Kier alpha value is -7.95. The maximum Gasteiger partial charge on any atom is 0.308 e. The molecular formula is C76H124O30. The van der Waals surface area contributed by atoms with Gasteiger partial charge in [-0.2, -0.15) is 0 Å². The van der Waals surface area contributed by atoms with Crippen molar-refractivity contribution in [3.63, 3.8) is 0 Å². The van der Waals surface area contributed by atoms with E-state index in [0.717, 1.165) is 0 Å². The highest BCUT2D eigenvalue weighted by atomic mass is 16.6. The average Bonchev–Trinajstić information content (AvgIpc) is 0.844. The zero-order valence-corrected chi connectivity index (χ0v) is 65.9. The van der Waals surface area contributed by atoms with E-state index in [9.17, 15) is 71.9 Å². The first kappa shape index (κ1) is 98.0. The molecular weight excluding hydrogens is 1390 g/mol. The first-order valence-corrected chi connectivity index (χ1v) is 38.0. The zero-order valence-electron chi connectivity index (χ0n) is 65.9. The van der Waals surface area contributed by atoms with Gasteiger partial charge in [0.05, 0.1) is 188 Å². The molecule has 0 aromatic rings. The second-order valence-corrected chi connectivity index (χ2v) is 25.4. The molecule has 30 nitrogen and oxygen atoms in total. The van der Waals surface area contributed by atoms with Crippen molar-refractivity contribution in [2.45, 2.75) is 208 Å². The highest BCUT2D eigenvalue weighted by Gasteiger charge is 2.45. The normalized spacial score (nSPS) is 15.4. The summed E-state index contributed by atoms with van der Waals surface area (Å²) in [5.41, 5.74) is 0.